The van der Waals surface area contributed by atoms with Gasteiger partial charge in [0, 0.05) is 50.0 Å². The highest BCUT2D eigenvalue weighted by Crippen LogP contribution is 2.44. The number of hydrogen-bond donors (Lipinski definition) is 5. The van der Waals surface area contributed by atoms with E-state index in [-0.39, 0.29) is 34.4 Å². The van der Waals surface area contributed by atoms with Gasteiger partial charge in [0.15, 0.2) is 5.69 Å². The van der Waals surface area contributed by atoms with Crippen molar-refractivity contribution >= 4 is 40.6 Å². The zero-order valence-corrected chi connectivity index (χ0v) is 26.6. The molecule has 2 aliphatic rings. The molecule has 0 radical (unpaired) electrons. The van der Waals surface area contributed by atoms with Crippen molar-refractivity contribution in [3.63, 3.8) is 0 Å². The number of carboxylic acids is 1. The third-order valence-corrected chi connectivity index (χ3v) is 8.74. The fourth-order valence-electron chi connectivity index (χ4n) is 5.53. The number of anilines is 1. The van der Waals surface area contributed by atoms with Gasteiger partial charge in [0.2, 0.25) is 0 Å². The summed E-state index contributed by atoms with van der Waals surface area (Å²) in [6.45, 7) is 4.60. The zero-order valence-electron chi connectivity index (χ0n) is 25.8. The van der Waals surface area contributed by atoms with Crippen molar-refractivity contribution in [1.29, 1.82) is 5.41 Å². The number of rotatable bonds is 7. The molecule has 11 heteroatoms. The molecule has 3 heterocycles. The molecule has 0 unspecified atom stereocenters. The molecule has 0 bridgehead atoms. The lowest BCUT2D eigenvalue weighted by Gasteiger charge is -2.23. The summed E-state index contributed by atoms with van der Waals surface area (Å²) >= 11 is 1.53. The number of pyridine rings is 1. The first-order valence-corrected chi connectivity index (χ1v) is 16.3. The van der Waals surface area contributed by atoms with Crippen LogP contribution in [0.15, 0.2) is 60.0 Å². The predicted molar refractivity (Wildman–Crippen MR) is 180 cm³/mol. The van der Waals surface area contributed by atoms with E-state index in [0.29, 0.717) is 29.2 Å². The fraction of sp³-hybridized carbons (Fsp3) is 0.286. The molecule has 4 aromatic rings. The van der Waals surface area contributed by atoms with Crippen LogP contribution >= 0.6 is 11.3 Å². The highest BCUT2D eigenvalue weighted by molar-refractivity contribution is 7.13. The third-order valence-electron chi connectivity index (χ3n) is 7.75. The van der Waals surface area contributed by atoms with Crippen LogP contribution in [0.2, 0.25) is 0 Å². The molecule has 0 spiro atoms. The number of nitrogens with two attached hydrogens (primary N) is 1. The molecule has 6 N–H and O–H groups in total. The minimum atomic E-state index is -1.33. The minimum absolute atomic E-state index is 0.000670. The number of thiophene rings is 1. The normalized spacial score (nSPS) is 13.6. The standard InChI is InChI=1S/C32H29N5O5S.C3H8/c33-29(34)17-6-8-20(9-7-17)35-30(38)23-14-24-26(42-16-18-12-13-43-28(18)24)15-22(23)21-10-11-25(37-27(21)32(40)41)31(39)36-19-4-2-1-3-5-19;1-3-2/h6-15,19H,1-5,16H2,(H3,33,34)(H,35,38)(H,36,39)(H,40,41);3H2,1-2H3. The third kappa shape index (κ3) is 7.10. The fourth-order valence-corrected chi connectivity index (χ4v) is 6.47. The Labute approximate surface area is 271 Å². The van der Waals surface area contributed by atoms with Crippen molar-refractivity contribution in [1.82, 2.24) is 10.3 Å². The molecule has 0 atom stereocenters. The average molecular weight is 640 g/mol. The molecule has 2 aromatic carbocycles. The molecule has 1 aliphatic carbocycles. The van der Waals surface area contributed by atoms with Gasteiger partial charge in [0.05, 0.1) is 0 Å². The van der Waals surface area contributed by atoms with Gasteiger partial charge < -0.3 is 26.2 Å². The average Bonchev–Trinajstić information content (AvgIpc) is 3.54. The Morgan fingerprint density at radius 2 is 1.70 bits per heavy atom. The van der Waals surface area contributed by atoms with Gasteiger partial charge in [-0.1, -0.05) is 39.5 Å². The smallest absolute Gasteiger partial charge is 0.355 e. The molecule has 1 fully saturated rings. The molecule has 6 rings (SSSR count). The number of fused-ring (bicyclic) bond motifs is 3. The summed E-state index contributed by atoms with van der Waals surface area (Å²) < 4.78 is 6.02. The monoisotopic (exact) mass is 639 g/mol. The summed E-state index contributed by atoms with van der Waals surface area (Å²) in [5.41, 5.74) is 8.62. The maximum atomic E-state index is 13.8. The number of nitrogens with zero attached hydrogens (tertiary/aromatic N) is 1. The summed E-state index contributed by atoms with van der Waals surface area (Å²) in [7, 11) is 0. The van der Waals surface area contributed by atoms with E-state index in [1.54, 1.807) is 36.4 Å². The number of carbonyl (C=O) groups is 3. The van der Waals surface area contributed by atoms with Gasteiger partial charge in [-0.05, 0) is 72.8 Å². The Morgan fingerprint density at radius 3 is 2.37 bits per heavy atom. The number of aromatic nitrogens is 1. The number of amides is 2. The minimum Gasteiger partial charge on any atom is -0.488 e. The Morgan fingerprint density at radius 1 is 0.978 bits per heavy atom. The number of carbonyl (C=O) groups excluding carboxylic acids is 2. The number of nitrogen functional groups attached to an aromatic ring is 1. The Balaban J connectivity index is 0.00000134. The first-order chi connectivity index (χ1) is 22.2. The van der Waals surface area contributed by atoms with Gasteiger partial charge in [0.1, 0.15) is 23.9 Å². The van der Waals surface area contributed by atoms with Crippen LogP contribution in [-0.2, 0) is 6.61 Å². The summed E-state index contributed by atoms with van der Waals surface area (Å²) in [6.07, 6.45) is 6.23. The Kier molecular flexibility index (Phi) is 10.1. The number of carboxylic acid groups (broad SMARTS) is 1. The summed E-state index contributed by atoms with van der Waals surface area (Å²) in [6, 6.07) is 14.9. The molecule has 1 saturated carbocycles. The van der Waals surface area contributed by atoms with E-state index in [2.05, 4.69) is 29.5 Å². The van der Waals surface area contributed by atoms with Crippen LogP contribution in [0.25, 0.3) is 21.6 Å². The van der Waals surface area contributed by atoms with Crippen LogP contribution in [0, 0.1) is 5.41 Å². The molecule has 1 aliphatic heterocycles. The van der Waals surface area contributed by atoms with E-state index in [9.17, 15) is 19.5 Å². The van der Waals surface area contributed by atoms with Gasteiger partial charge in [-0.3, -0.25) is 15.0 Å². The van der Waals surface area contributed by atoms with Crippen LogP contribution in [0.1, 0.15) is 94.8 Å². The van der Waals surface area contributed by atoms with Crippen molar-refractivity contribution in [2.45, 2.75) is 65.0 Å². The highest BCUT2D eigenvalue weighted by atomic mass is 32.1. The number of hydrogen-bond acceptors (Lipinski definition) is 7. The lowest BCUT2D eigenvalue weighted by atomic mass is 9.92. The largest absolute Gasteiger partial charge is 0.488 e. The second-order valence-corrected chi connectivity index (χ2v) is 12.2. The van der Waals surface area contributed by atoms with E-state index in [1.807, 2.05) is 11.4 Å². The van der Waals surface area contributed by atoms with E-state index < -0.39 is 17.8 Å². The zero-order chi connectivity index (χ0) is 32.8. The van der Waals surface area contributed by atoms with Crippen LogP contribution < -0.4 is 21.1 Å². The first-order valence-electron chi connectivity index (χ1n) is 15.4. The molecule has 2 aromatic heterocycles. The van der Waals surface area contributed by atoms with Crippen molar-refractivity contribution in [2.75, 3.05) is 5.32 Å². The Hall–Kier alpha value is -5.03. The van der Waals surface area contributed by atoms with Gasteiger partial charge in [0.25, 0.3) is 11.8 Å². The van der Waals surface area contributed by atoms with E-state index in [1.165, 1.54) is 29.9 Å². The summed E-state index contributed by atoms with van der Waals surface area (Å²) in [5, 5.41) is 25.6. The van der Waals surface area contributed by atoms with Crippen molar-refractivity contribution in [3.8, 4) is 27.3 Å². The lowest BCUT2D eigenvalue weighted by Crippen LogP contribution is -2.36. The highest BCUT2D eigenvalue weighted by Gasteiger charge is 2.27. The molecular formula is C35H37N5O5S. The number of aromatic carboxylic acids is 1. The topological polar surface area (TPSA) is 167 Å². The maximum Gasteiger partial charge on any atom is 0.355 e. The number of benzene rings is 2. The summed E-state index contributed by atoms with van der Waals surface area (Å²) in [4.78, 5) is 44.5. The van der Waals surface area contributed by atoms with Crippen LogP contribution in [-0.4, -0.2) is 39.8 Å². The molecule has 46 heavy (non-hydrogen) atoms. The molecule has 2 amide bonds. The van der Waals surface area contributed by atoms with Crippen molar-refractivity contribution < 1.29 is 24.2 Å². The predicted octanol–water partition coefficient (Wildman–Crippen LogP) is 7.08. The second-order valence-electron chi connectivity index (χ2n) is 11.3. The SMILES string of the molecule is CCC.N=C(N)c1ccc(NC(=O)c2cc3c(cc2-c2ccc(C(=O)NC4CCCCC4)nc2C(=O)O)OCc2ccsc2-3)cc1. The molecule has 10 nitrogen and oxygen atoms in total. The van der Waals surface area contributed by atoms with Crippen LogP contribution in [0.4, 0.5) is 5.69 Å². The van der Waals surface area contributed by atoms with Crippen LogP contribution in [0.5, 0.6) is 5.75 Å². The van der Waals surface area contributed by atoms with Gasteiger partial charge in [-0.2, -0.15) is 0 Å². The van der Waals surface area contributed by atoms with Gasteiger partial charge in [-0.15, -0.1) is 11.3 Å². The number of amidine groups is 1. The first kappa shape index (κ1) is 32.4. The van der Waals surface area contributed by atoms with Gasteiger partial charge >= 0.3 is 5.97 Å². The van der Waals surface area contributed by atoms with Crippen LogP contribution in [0.3, 0.4) is 0 Å². The van der Waals surface area contributed by atoms with E-state index >= 15 is 0 Å². The van der Waals surface area contributed by atoms with Crippen molar-refractivity contribution in [2.24, 2.45) is 5.73 Å². The van der Waals surface area contributed by atoms with E-state index in [0.717, 1.165) is 48.1 Å². The maximum absolute atomic E-state index is 13.8. The molecule has 0 saturated heterocycles. The van der Waals surface area contributed by atoms with Gasteiger partial charge in [-0.25, -0.2) is 9.78 Å². The summed E-state index contributed by atoms with van der Waals surface area (Å²) in [5.74, 6) is -1.80. The quantitative estimate of drug-likeness (QED) is 0.106. The second kappa shape index (κ2) is 14.4. The number of nitrogens with one attached hydrogen (secondary N) is 3. The van der Waals surface area contributed by atoms with E-state index in [4.69, 9.17) is 15.9 Å². The Bertz CT molecular complexity index is 1780. The molecular weight excluding hydrogens is 602 g/mol. The molecule has 238 valence electrons. The lowest BCUT2D eigenvalue weighted by molar-refractivity contribution is 0.0691. The van der Waals surface area contributed by atoms with Crippen molar-refractivity contribution in [3.05, 3.63) is 88.1 Å². The number of ether oxygens (including phenoxy) is 1.